The average Bonchev–Trinajstić information content (AvgIpc) is 2.71. The summed E-state index contributed by atoms with van der Waals surface area (Å²) in [7, 11) is -4.06. The summed E-state index contributed by atoms with van der Waals surface area (Å²) in [6, 6.07) is 11.9. The molecule has 3 rings (SSSR count). The number of anilines is 1. The maximum atomic E-state index is 13.4. The van der Waals surface area contributed by atoms with Gasteiger partial charge in [0, 0.05) is 0 Å². The van der Waals surface area contributed by atoms with E-state index < -0.39 is 21.7 Å². The monoisotopic (exact) mass is 415 g/mol. The molecule has 1 aromatic heterocycles. The molecule has 9 heteroatoms. The van der Waals surface area contributed by atoms with Crippen LogP contribution in [0.2, 0.25) is 0 Å². The van der Waals surface area contributed by atoms with Crippen molar-refractivity contribution in [3.8, 4) is 17.6 Å². The Balaban J connectivity index is 1.91. The molecule has 6 nitrogen and oxygen atoms in total. The van der Waals surface area contributed by atoms with Gasteiger partial charge in [0.2, 0.25) is 0 Å². The van der Waals surface area contributed by atoms with Gasteiger partial charge in [0.05, 0.1) is 16.7 Å². The van der Waals surface area contributed by atoms with E-state index in [4.69, 9.17) is 4.74 Å². The lowest BCUT2D eigenvalue weighted by atomic mass is 10.1. The molecule has 0 amide bonds. The molecular weight excluding hydrogens is 400 g/mol. The minimum atomic E-state index is -4.06. The molecule has 0 saturated heterocycles. The summed E-state index contributed by atoms with van der Waals surface area (Å²) in [5.41, 5.74) is 0.584. The largest absolute Gasteiger partial charge is 0.456 e. The highest BCUT2D eigenvalue weighted by Crippen LogP contribution is 2.30. The smallest absolute Gasteiger partial charge is 0.263 e. The van der Waals surface area contributed by atoms with Crippen LogP contribution in [0.25, 0.3) is 0 Å². The van der Waals surface area contributed by atoms with Gasteiger partial charge in [-0.25, -0.2) is 22.2 Å². The molecule has 0 bridgehead atoms. The van der Waals surface area contributed by atoms with Crippen molar-refractivity contribution in [2.75, 3.05) is 4.72 Å². The van der Waals surface area contributed by atoms with Crippen LogP contribution in [0.5, 0.6) is 11.5 Å². The van der Waals surface area contributed by atoms with E-state index in [0.717, 1.165) is 18.3 Å². The summed E-state index contributed by atoms with van der Waals surface area (Å²) in [5.74, 6) is -0.573. The zero-order valence-electron chi connectivity index (χ0n) is 15.2. The van der Waals surface area contributed by atoms with Crippen molar-refractivity contribution in [1.82, 2.24) is 4.98 Å². The lowest BCUT2D eigenvalue weighted by Crippen LogP contribution is -2.14. The first-order valence-electron chi connectivity index (χ1n) is 8.47. The number of aryl methyl sites for hydroxylation is 1. The van der Waals surface area contributed by atoms with Crippen LogP contribution in [0, 0.1) is 23.0 Å². The SMILES string of the molecule is CCc1cc(F)ccc1Oc1ccc(S(=O)(=O)Nc2ccc(F)cn2)cc1C#N. The van der Waals surface area contributed by atoms with E-state index in [1.54, 1.807) is 0 Å². The van der Waals surface area contributed by atoms with Gasteiger partial charge in [-0.1, -0.05) is 6.92 Å². The van der Waals surface area contributed by atoms with Crippen LogP contribution in [0.4, 0.5) is 14.6 Å². The highest BCUT2D eigenvalue weighted by Gasteiger charge is 2.18. The van der Waals surface area contributed by atoms with E-state index in [1.165, 1.54) is 36.4 Å². The molecule has 0 spiro atoms. The second kappa shape index (κ2) is 8.24. The Hall–Kier alpha value is -3.51. The Bertz CT molecular complexity index is 1190. The first-order chi connectivity index (χ1) is 13.8. The predicted octanol–water partition coefficient (Wildman–Crippen LogP) is 4.39. The predicted molar refractivity (Wildman–Crippen MR) is 102 cm³/mol. The van der Waals surface area contributed by atoms with Crippen molar-refractivity contribution in [3.05, 3.63) is 77.5 Å². The van der Waals surface area contributed by atoms with Gasteiger partial charge in [-0.3, -0.25) is 4.72 Å². The van der Waals surface area contributed by atoms with Gasteiger partial charge in [0.15, 0.2) is 0 Å². The molecule has 0 fully saturated rings. The van der Waals surface area contributed by atoms with Gasteiger partial charge in [-0.05, 0) is 60.5 Å². The summed E-state index contributed by atoms with van der Waals surface area (Å²) in [6.45, 7) is 1.83. The zero-order valence-corrected chi connectivity index (χ0v) is 16.0. The van der Waals surface area contributed by atoms with Gasteiger partial charge in [0.1, 0.15) is 35.0 Å². The number of nitrogens with one attached hydrogen (secondary N) is 1. The minimum absolute atomic E-state index is 0.0219. The second-order valence-electron chi connectivity index (χ2n) is 5.94. The number of rotatable bonds is 6. The van der Waals surface area contributed by atoms with Gasteiger partial charge in [0.25, 0.3) is 10.0 Å². The molecule has 0 atom stereocenters. The number of halogens is 2. The van der Waals surface area contributed by atoms with Crippen molar-refractivity contribution < 1.29 is 21.9 Å². The number of nitriles is 1. The Morgan fingerprint density at radius 3 is 2.45 bits per heavy atom. The molecule has 1 N–H and O–H groups in total. The summed E-state index contributed by atoms with van der Waals surface area (Å²) < 4.78 is 59.3. The number of sulfonamides is 1. The van der Waals surface area contributed by atoms with Crippen LogP contribution in [-0.4, -0.2) is 13.4 Å². The third kappa shape index (κ3) is 4.67. The van der Waals surface area contributed by atoms with Crippen LogP contribution in [0.1, 0.15) is 18.1 Å². The number of hydrogen-bond donors (Lipinski definition) is 1. The molecule has 2 aromatic carbocycles. The highest BCUT2D eigenvalue weighted by molar-refractivity contribution is 7.92. The number of benzene rings is 2. The number of aromatic nitrogens is 1. The normalized spacial score (nSPS) is 11.0. The molecule has 1 heterocycles. The van der Waals surface area contributed by atoms with Gasteiger partial charge in [-0.15, -0.1) is 0 Å². The fraction of sp³-hybridized carbons (Fsp3) is 0.100. The first kappa shape index (κ1) is 20.2. The van der Waals surface area contributed by atoms with E-state index in [9.17, 15) is 22.5 Å². The quantitative estimate of drug-likeness (QED) is 0.645. The zero-order chi connectivity index (χ0) is 21.0. The molecular formula is C20H15F2N3O3S. The van der Waals surface area contributed by atoms with Gasteiger partial charge < -0.3 is 4.74 Å². The van der Waals surface area contributed by atoms with E-state index >= 15 is 0 Å². The molecule has 3 aromatic rings. The van der Waals surface area contributed by atoms with Crippen molar-refractivity contribution >= 4 is 15.8 Å². The minimum Gasteiger partial charge on any atom is -0.456 e. The summed E-state index contributed by atoms with van der Waals surface area (Å²) >= 11 is 0. The number of pyridine rings is 1. The fourth-order valence-corrected chi connectivity index (χ4v) is 3.56. The van der Waals surface area contributed by atoms with Crippen LogP contribution in [0.15, 0.2) is 59.6 Å². The average molecular weight is 415 g/mol. The maximum Gasteiger partial charge on any atom is 0.263 e. The van der Waals surface area contributed by atoms with E-state index in [2.05, 4.69) is 9.71 Å². The Morgan fingerprint density at radius 2 is 1.79 bits per heavy atom. The first-order valence-corrected chi connectivity index (χ1v) is 9.95. The van der Waals surface area contributed by atoms with Crippen LogP contribution in [0.3, 0.4) is 0 Å². The van der Waals surface area contributed by atoms with E-state index in [1.807, 2.05) is 13.0 Å². The lowest BCUT2D eigenvalue weighted by molar-refractivity contribution is 0.472. The molecule has 0 aliphatic heterocycles. The van der Waals surface area contributed by atoms with Gasteiger partial charge in [-0.2, -0.15) is 5.26 Å². The Morgan fingerprint density at radius 1 is 1.07 bits per heavy atom. The Kier molecular flexibility index (Phi) is 5.75. The van der Waals surface area contributed by atoms with Crippen LogP contribution >= 0.6 is 0 Å². The van der Waals surface area contributed by atoms with Crippen molar-refractivity contribution in [2.24, 2.45) is 0 Å². The number of ether oxygens (including phenoxy) is 1. The lowest BCUT2D eigenvalue weighted by Gasteiger charge is -2.13. The summed E-state index contributed by atoms with van der Waals surface area (Å²) in [5, 5.41) is 9.42. The topological polar surface area (TPSA) is 92.1 Å². The second-order valence-corrected chi connectivity index (χ2v) is 7.63. The highest BCUT2D eigenvalue weighted by atomic mass is 32.2. The van der Waals surface area contributed by atoms with Crippen LogP contribution < -0.4 is 9.46 Å². The third-order valence-electron chi connectivity index (χ3n) is 3.97. The van der Waals surface area contributed by atoms with E-state index in [-0.39, 0.29) is 22.0 Å². The van der Waals surface area contributed by atoms with Crippen LogP contribution in [-0.2, 0) is 16.4 Å². The van der Waals surface area contributed by atoms with Crippen molar-refractivity contribution in [1.29, 1.82) is 5.26 Å². The standard InChI is InChI=1S/C20H15F2N3O3S/c1-2-13-9-15(21)3-6-18(13)28-19-7-5-17(10-14(19)11-23)29(26,27)25-20-8-4-16(22)12-24-20/h3-10,12H,2H2,1H3,(H,24,25). The molecule has 29 heavy (non-hydrogen) atoms. The summed E-state index contributed by atoms with van der Waals surface area (Å²) in [6.07, 6.45) is 1.39. The van der Waals surface area contributed by atoms with E-state index in [0.29, 0.717) is 17.7 Å². The third-order valence-corrected chi connectivity index (χ3v) is 5.32. The molecule has 0 aliphatic carbocycles. The number of nitrogens with zero attached hydrogens (tertiary/aromatic N) is 2. The van der Waals surface area contributed by atoms with Crippen molar-refractivity contribution in [2.45, 2.75) is 18.2 Å². The molecule has 148 valence electrons. The maximum absolute atomic E-state index is 13.4. The molecule has 0 radical (unpaired) electrons. The summed E-state index contributed by atoms with van der Waals surface area (Å²) in [4.78, 5) is 3.45. The molecule has 0 aliphatic rings. The Labute approximate surface area is 166 Å². The van der Waals surface area contributed by atoms with Crippen molar-refractivity contribution in [3.63, 3.8) is 0 Å². The van der Waals surface area contributed by atoms with Gasteiger partial charge >= 0.3 is 0 Å². The number of hydrogen-bond acceptors (Lipinski definition) is 5. The fourth-order valence-electron chi connectivity index (χ4n) is 2.53. The molecule has 0 saturated carbocycles. The molecule has 0 unspecified atom stereocenters.